The fourth-order valence-electron chi connectivity index (χ4n) is 2.36. The largest absolute Gasteiger partial charge is 0.353 e. The first-order valence-corrected chi connectivity index (χ1v) is 7.07. The Morgan fingerprint density at radius 1 is 1.32 bits per heavy atom. The standard InChI is InChI=1S/C13H20ClFN4/c14-11-9-12(15)13(17-10-11)19-6-2-5-18(7-8-19)4-1-3-16/h9-10H,1-8,16H2. The summed E-state index contributed by atoms with van der Waals surface area (Å²) in [7, 11) is 0. The second kappa shape index (κ2) is 7.03. The van der Waals surface area contributed by atoms with Crippen LogP contribution in [0.2, 0.25) is 5.02 Å². The summed E-state index contributed by atoms with van der Waals surface area (Å²) in [6.07, 6.45) is 3.51. The van der Waals surface area contributed by atoms with Crippen LogP contribution in [-0.4, -0.2) is 49.2 Å². The molecule has 106 valence electrons. The molecule has 0 bridgehead atoms. The van der Waals surface area contributed by atoms with Crippen LogP contribution in [0.3, 0.4) is 0 Å². The molecule has 1 aromatic rings. The van der Waals surface area contributed by atoms with E-state index in [4.69, 9.17) is 17.3 Å². The van der Waals surface area contributed by atoms with Crippen LogP contribution in [0.25, 0.3) is 0 Å². The number of anilines is 1. The zero-order valence-electron chi connectivity index (χ0n) is 11.0. The highest BCUT2D eigenvalue weighted by Crippen LogP contribution is 2.20. The molecule has 1 fully saturated rings. The van der Waals surface area contributed by atoms with Gasteiger partial charge in [0.25, 0.3) is 0 Å². The molecule has 0 aliphatic carbocycles. The molecule has 0 unspecified atom stereocenters. The molecule has 1 aliphatic heterocycles. The predicted molar refractivity (Wildman–Crippen MR) is 76.1 cm³/mol. The Bertz CT molecular complexity index is 416. The monoisotopic (exact) mass is 286 g/mol. The summed E-state index contributed by atoms with van der Waals surface area (Å²) in [5, 5.41) is 0.334. The zero-order valence-corrected chi connectivity index (χ0v) is 11.7. The van der Waals surface area contributed by atoms with Crippen molar-refractivity contribution in [1.82, 2.24) is 9.88 Å². The predicted octanol–water partition coefficient (Wildman–Crippen LogP) is 1.74. The molecule has 0 aromatic carbocycles. The van der Waals surface area contributed by atoms with E-state index in [0.29, 0.717) is 17.4 Å². The Balaban J connectivity index is 1.98. The summed E-state index contributed by atoms with van der Waals surface area (Å²) < 4.78 is 13.8. The number of pyridine rings is 1. The zero-order chi connectivity index (χ0) is 13.7. The van der Waals surface area contributed by atoms with Gasteiger partial charge in [-0.25, -0.2) is 9.37 Å². The number of nitrogens with two attached hydrogens (primary N) is 1. The van der Waals surface area contributed by atoms with E-state index in [1.54, 1.807) is 0 Å². The molecule has 19 heavy (non-hydrogen) atoms. The maximum Gasteiger partial charge on any atom is 0.167 e. The van der Waals surface area contributed by atoms with Crippen LogP contribution >= 0.6 is 11.6 Å². The molecule has 6 heteroatoms. The number of hydrogen-bond donors (Lipinski definition) is 1. The van der Waals surface area contributed by atoms with Crippen LogP contribution in [-0.2, 0) is 0 Å². The second-order valence-corrected chi connectivity index (χ2v) is 5.22. The third kappa shape index (κ3) is 4.03. The van der Waals surface area contributed by atoms with Crippen molar-refractivity contribution in [2.75, 3.05) is 44.2 Å². The van der Waals surface area contributed by atoms with Crippen LogP contribution in [0.15, 0.2) is 12.3 Å². The molecule has 0 atom stereocenters. The van der Waals surface area contributed by atoms with Crippen LogP contribution in [0, 0.1) is 5.82 Å². The molecule has 0 radical (unpaired) electrons. The van der Waals surface area contributed by atoms with Crippen molar-refractivity contribution in [2.45, 2.75) is 12.8 Å². The third-order valence-corrected chi connectivity index (χ3v) is 3.56. The van der Waals surface area contributed by atoms with Crippen molar-refractivity contribution >= 4 is 17.4 Å². The molecule has 2 rings (SSSR count). The Morgan fingerprint density at radius 3 is 2.89 bits per heavy atom. The molecule has 1 aromatic heterocycles. The molecule has 4 nitrogen and oxygen atoms in total. The smallest absolute Gasteiger partial charge is 0.167 e. The van der Waals surface area contributed by atoms with Gasteiger partial charge < -0.3 is 15.5 Å². The van der Waals surface area contributed by atoms with E-state index in [2.05, 4.69) is 9.88 Å². The lowest BCUT2D eigenvalue weighted by Crippen LogP contribution is -2.32. The van der Waals surface area contributed by atoms with Crippen LogP contribution < -0.4 is 10.6 Å². The van der Waals surface area contributed by atoms with E-state index < -0.39 is 0 Å². The Morgan fingerprint density at radius 2 is 2.16 bits per heavy atom. The molecule has 1 aliphatic rings. The van der Waals surface area contributed by atoms with E-state index in [-0.39, 0.29) is 5.82 Å². The fraction of sp³-hybridized carbons (Fsp3) is 0.615. The first kappa shape index (κ1) is 14.5. The summed E-state index contributed by atoms with van der Waals surface area (Å²) in [5.74, 6) is 0.0629. The van der Waals surface area contributed by atoms with Crippen molar-refractivity contribution in [1.29, 1.82) is 0 Å². The maximum atomic E-state index is 13.8. The number of rotatable bonds is 4. The normalized spacial score (nSPS) is 17.5. The van der Waals surface area contributed by atoms with Gasteiger partial charge in [-0.15, -0.1) is 0 Å². The third-order valence-electron chi connectivity index (χ3n) is 3.35. The highest BCUT2D eigenvalue weighted by molar-refractivity contribution is 6.30. The van der Waals surface area contributed by atoms with Gasteiger partial charge in [0.15, 0.2) is 11.6 Å². The number of hydrogen-bond acceptors (Lipinski definition) is 4. The summed E-state index contributed by atoms with van der Waals surface area (Å²) in [5.41, 5.74) is 5.53. The minimum atomic E-state index is -0.345. The quantitative estimate of drug-likeness (QED) is 0.916. The molecular formula is C13H20ClFN4. The van der Waals surface area contributed by atoms with Crippen molar-refractivity contribution in [3.63, 3.8) is 0 Å². The van der Waals surface area contributed by atoms with Gasteiger partial charge in [0.1, 0.15) is 0 Å². The molecule has 0 saturated carbocycles. The molecule has 2 N–H and O–H groups in total. The van der Waals surface area contributed by atoms with Gasteiger partial charge in [-0.05, 0) is 38.5 Å². The lowest BCUT2D eigenvalue weighted by molar-refractivity contribution is 0.291. The second-order valence-electron chi connectivity index (χ2n) is 4.78. The molecule has 0 spiro atoms. The average molecular weight is 287 g/mol. The van der Waals surface area contributed by atoms with E-state index in [9.17, 15) is 4.39 Å². The Kier molecular flexibility index (Phi) is 5.36. The summed E-state index contributed by atoms with van der Waals surface area (Å²) in [6.45, 7) is 5.30. The minimum Gasteiger partial charge on any atom is -0.353 e. The summed E-state index contributed by atoms with van der Waals surface area (Å²) >= 11 is 5.73. The number of halogens is 2. The minimum absolute atomic E-state index is 0.334. The van der Waals surface area contributed by atoms with E-state index >= 15 is 0 Å². The lowest BCUT2D eigenvalue weighted by Gasteiger charge is -2.23. The maximum absolute atomic E-state index is 13.8. The first-order valence-electron chi connectivity index (χ1n) is 6.69. The summed E-state index contributed by atoms with van der Waals surface area (Å²) in [4.78, 5) is 8.48. The van der Waals surface area contributed by atoms with Gasteiger partial charge in [-0.2, -0.15) is 0 Å². The van der Waals surface area contributed by atoms with Gasteiger partial charge in [-0.3, -0.25) is 0 Å². The van der Waals surface area contributed by atoms with Crippen molar-refractivity contribution < 1.29 is 4.39 Å². The Hall–Kier alpha value is -0.910. The van der Waals surface area contributed by atoms with Gasteiger partial charge >= 0.3 is 0 Å². The van der Waals surface area contributed by atoms with Gasteiger partial charge in [0, 0.05) is 25.8 Å². The molecule has 1 saturated heterocycles. The van der Waals surface area contributed by atoms with Gasteiger partial charge in [-0.1, -0.05) is 11.6 Å². The number of nitrogens with zero attached hydrogens (tertiary/aromatic N) is 3. The van der Waals surface area contributed by atoms with Gasteiger partial charge in [0.2, 0.25) is 0 Å². The highest BCUT2D eigenvalue weighted by Gasteiger charge is 2.18. The van der Waals surface area contributed by atoms with Crippen LogP contribution in [0.1, 0.15) is 12.8 Å². The van der Waals surface area contributed by atoms with Crippen molar-refractivity contribution in [3.05, 3.63) is 23.1 Å². The van der Waals surface area contributed by atoms with E-state index in [1.165, 1.54) is 12.3 Å². The average Bonchev–Trinajstić information content (AvgIpc) is 2.62. The fourth-order valence-corrected chi connectivity index (χ4v) is 2.51. The van der Waals surface area contributed by atoms with Crippen molar-refractivity contribution in [2.24, 2.45) is 5.73 Å². The van der Waals surface area contributed by atoms with Gasteiger partial charge in [0.05, 0.1) is 5.02 Å². The van der Waals surface area contributed by atoms with Crippen LogP contribution in [0.5, 0.6) is 0 Å². The molecular weight excluding hydrogens is 267 g/mol. The van der Waals surface area contributed by atoms with Crippen LogP contribution in [0.4, 0.5) is 10.2 Å². The first-order chi connectivity index (χ1) is 9.20. The topological polar surface area (TPSA) is 45.4 Å². The number of aromatic nitrogens is 1. The summed E-state index contributed by atoms with van der Waals surface area (Å²) in [6, 6.07) is 1.32. The molecule has 2 heterocycles. The SMILES string of the molecule is NCCCN1CCCN(c2ncc(Cl)cc2F)CC1. The van der Waals surface area contributed by atoms with Crippen molar-refractivity contribution in [3.8, 4) is 0 Å². The Labute approximate surface area is 118 Å². The lowest BCUT2D eigenvalue weighted by atomic mass is 10.3. The van der Waals surface area contributed by atoms with E-state index in [0.717, 1.165) is 45.6 Å². The molecule has 0 amide bonds. The van der Waals surface area contributed by atoms with E-state index in [1.807, 2.05) is 4.90 Å². The highest BCUT2D eigenvalue weighted by atomic mass is 35.5.